The van der Waals surface area contributed by atoms with Crippen molar-refractivity contribution in [1.82, 2.24) is 4.98 Å². The van der Waals surface area contributed by atoms with Crippen LogP contribution in [0.5, 0.6) is 0 Å². The molecule has 1 amide bonds. The summed E-state index contributed by atoms with van der Waals surface area (Å²) in [6.45, 7) is 0. The first kappa shape index (κ1) is 10.8. The van der Waals surface area contributed by atoms with Crippen LogP contribution in [0.4, 0.5) is 5.82 Å². The predicted molar refractivity (Wildman–Crippen MR) is 57.8 cm³/mol. The van der Waals surface area contributed by atoms with Crippen LogP contribution in [-0.4, -0.2) is 16.6 Å². The Labute approximate surface area is 87.1 Å². The van der Waals surface area contributed by atoms with Crippen molar-refractivity contribution in [3.8, 4) is 0 Å². The van der Waals surface area contributed by atoms with Gasteiger partial charge in [-0.1, -0.05) is 6.07 Å². The first-order chi connectivity index (χ1) is 6.68. The first-order valence-electron chi connectivity index (χ1n) is 4.32. The summed E-state index contributed by atoms with van der Waals surface area (Å²) < 4.78 is 0. The highest BCUT2D eigenvalue weighted by Crippen LogP contribution is 2.17. The molecule has 0 atom stereocenters. The molecule has 1 rings (SSSR count). The van der Waals surface area contributed by atoms with Gasteiger partial charge in [0.05, 0.1) is 5.03 Å². The number of pyridine rings is 1. The van der Waals surface area contributed by atoms with Crippen molar-refractivity contribution < 1.29 is 4.79 Å². The molecule has 0 unspecified atom stereocenters. The van der Waals surface area contributed by atoms with Gasteiger partial charge in [0.15, 0.2) is 0 Å². The molecule has 0 bridgehead atoms. The molecule has 1 heterocycles. The van der Waals surface area contributed by atoms with Crippen LogP contribution < -0.4 is 11.5 Å². The zero-order valence-electron chi connectivity index (χ0n) is 7.77. The van der Waals surface area contributed by atoms with Crippen molar-refractivity contribution in [3.63, 3.8) is 0 Å². The zero-order chi connectivity index (χ0) is 10.4. The number of hydrogen-bond acceptors (Lipinski definition) is 4. The number of nitrogen functional groups attached to an aromatic ring is 1. The van der Waals surface area contributed by atoms with Crippen molar-refractivity contribution >= 4 is 23.5 Å². The lowest BCUT2D eigenvalue weighted by molar-refractivity contribution is -0.118. The summed E-state index contributed by atoms with van der Waals surface area (Å²) >= 11 is 1.58. The number of anilines is 1. The Hall–Kier alpha value is -1.23. The van der Waals surface area contributed by atoms with Crippen molar-refractivity contribution in [1.29, 1.82) is 0 Å². The topological polar surface area (TPSA) is 82.0 Å². The molecule has 0 aliphatic heterocycles. The molecule has 0 aliphatic rings. The van der Waals surface area contributed by atoms with Crippen LogP contribution in [0.15, 0.2) is 23.2 Å². The average molecular weight is 211 g/mol. The maximum atomic E-state index is 10.4. The van der Waals surface area contributed by atoms with E-state index in [4.69, 9.17) is 11.5 Å². The molecule has 0 aromatic carbocycles. The summed E-state index contributed by atoms with van der Waals surface area (Å²) in [5, 5.41) is 0.884. The zero-order valence-corrected chi connectivity index (χ0v) is 8.59. The smallest absolute Gasteiger partial charge is 0.217 e. The highest BCUT2D eigenvalue weighted by molar-refractivity contribution is 7.99. The van der Waals surface area contributed by atoms with Gasteiger partial charge in [0.25, 0.3) is 0 Å². The molecular weight excluding hydrogens is 198 g/mol. The number of carbonyl (C=O) groups is 1. The molecule has 1 aromatic heterocycles. The molecule has 14 heavy (non-hydrogen) atoms. The van der Waals surface area contributed by atoms with Crippen molar-refractivity contribution in [3.05, 3.63) is 18.2 Å². The molecule has 1 aromatic rings. The fourth-order valence-corrected chi connectivity index (χ4v) is 1.78. The van der Waals surface area contributed by atoms with Gasteiger partial charge >= 0.3 is 0 Å². The Morgan fingerprint density at radius 1 is 1.50 bits per heavy atom. The van der Waals surface area contributed by atoms with Gasteiger partial charge in [-0.2, -0.15) is 0 Å². The second kappa shape index (κ2) is 5.49. The minimum Gasteiger partial charge on any atom is -0.384 e. The third-order valence-corrected chi connectivity index (χ3v) is 2.58. The van der Waals surface area contributed by atoms with Gasteiger partial charge in [-0.15, -0.1) is 11.8 Å². The second-order valence-corrected chi connectivity index (χ2v) is 3.93. The monoisotopic (exact) mass is 211 g/mol. The van der Waals surface area contributed by atoms with Crippen LogP contribution >= 0.6 is 11.8 Å². The number of primary amides is 1. The number of rotatable bonds is 5. The lowest BCUT2D eigenvalue weighted by atomic mass is 10.3. The van der Waals surface area contributed by atoms with Gasteiger partial charge in [0, 0.05) is 6.42 Å². The first-order valence-corrected chi connectivity index (χ1v) is 5.30. The van der Waals surface area contributed by atoms with Crippen LogP contribution in [-0.2, 0) is 4.79 Å². The number of carbonyl (C=O) groups excluding carboxylic acids is 1. The minimum absolute atomic E-state index is 0.258. The van der Waals surface area contributed by atoms with Gasteiger partial charge in [0.1, 0.15) is 5.82 Å². The van der Waals surface area contributed by atoms with Crippen LogP contribution in [0.25, 0.3) is 0 Å². The Morgan fingerprint density at radius 2 is 2.29 bits per heavy atom. The molecule has 76 valence electrons. The molecule has 0 saturated carbocycles. The average Bonchev–Trinajstić information content (AvgIpc) is 2.12. The second-order valence-electron chi connectivity index (χ2n) is 2.82. The lowest BCUT2D eigenvalue weighted by Crippen LogP contribution is -2.09. The van der Waals surface area contributed by atoms with E-state index in [1.54, 1.807) is 17.8 Å². The number of hydrogen-bond donors (Lipinski definition) is 2. The van der Waals surface area contributed by atoms with E-state index in [9.17, 15) is 4.79 Å². The van der Waals surface area contributed by atoms with Crippen molar-refractivity contribution in [2.75, 3.05) is 11.5 Å². The number of thioether (sulfide) groups is 1. The van der Waals surface area contributed by atoms with E-state index in [0.29, 0.717) is 12.2 Å². The van der Waals surface area contributed by atoms with Crippen molar-refractivity contribution in [2.45, 2.75) is 17.9 Å². The fraction of sp³-hybridized carbons (Fsp3) is 0.333. The molecular formula is C9H13N3OS. The normalized spacial score (nSPS) is 10.0. The Morgan fingerprint density at radius 3 is 2.93 bits per heavy atom. The standard InChI is InChI=1S/C9H13N3OS/c10-7-3-1-5-9(12-7)14-6-2-4-8(11)13/h1,3,5H,2,4,6H2,(H2,10,12)(H2,11,13). The van der Waals surface area contributed by atoms with E-state index in [2.05, 4.69) is 4.98 Å². The summed E-state index contributed by atoms with van der Waals surface area (Å²) in [5.74, 6) is 1.09. The SMILES string of the molecule is NC(=O)CCCSc1cccc(N)n1. The molecule has 0 fully saturated rings. The van der Waals surface area contributed by atoms with Gasteiger partial charge in [-0.25, -0.2) is 4.98 Å². The van der Waals surface area contributed by atoms with E-state index in [-0.39, 0.29) is 5.91 Å². The van der Waals surface area contributed by atoms with E-state index in [1.165, 1.54) is 0 Å². The molecule has 0 aliphatic carbocycles. The van der Waals surface area contributed by atoms with Gasteiger partial charge < -0.3 is 11.5 Å². The molecule has 4 N–H and O–H groups in total. The third kappa shape index (κ3) is 4.13. The van der Waals surface area contributed by atoms with Gasteiger partial charge in [-0.3, -0.25) is 4.79 Å². The van der Waals surface area contributed by atoms with Crippen LogP contribution in [0.1, 0.15) is 12.8 Å². The maximum Gasteiger partial charge on any atom is 0.217 e. The quantitative estimate of drug-likeness (QED) is 0.562. The highest BCUT2D eigenvalue weighted by Gasteiger charge is 1.98. The van der Waals surface area contributed by atoms with Crippen LogP contribution in [0.3, 0.4) is 0 Å². The largest absolute Gasteiger partial charge is 0.384 e. The van der Waals surface area contributed by atoms with Crippen LogP contribution in [0.2, 0.25) is 0 Å². The minimum atomic E-state index is -0.258. The summed E-state index contributed by atoms with van der Waals surface area (Å²) in [7, 11) is 0. The maximum absolute atomic E-state index is 10.4. The predicted octanol–water partition coefficient (Wildman–Crippen LogP) is 1.02. The Balaban J connectivity index is 2.28. The summed E-state index contributed by atoms with van der Waals surface area (Å²) in [6, 6.07) is 5.50. The number of nitrogens with zero attached hydrogens (tertiary/aromatic N) is 1. The number of aromatic nitrogens is 1. The summed E-state index contributed by atoms with van der Waals surface area (Å²) in [4.78, 5) is 14.6. The molecule has 0 radical (unpaired) electrons. The molecule has 0 spiro atoms. The van der Waals surface area contributed by atoms with E-state index in [0.717, 1.165) is 17.2 Å². The van der Waals surface area contributed by atoms with E-state index in [1.807, 2.05) is 12.1 Å². The van der Waals surface area contributed by atoms with Crippen LogP contribution in [0, 0.1) is 0 Å². The lowest BCUT2D eigenvalue weighted by Gasteiger charge is -2.00. The van der Waals surface area contributed by atoms with Gasteiger partial charge in [0.2, 0.25) is 5.91 Å². The summed E-state index contributed by atoms with van der Waals surface area (Å²) in [5.41, 5.74) is 10.5. The molecule has 5 heteroatoms. The molecule has 0 saturated heterocycles. The molecule has 4 nitrogen and oxygen atoms in total. The van der Waals surface area contributed by atoms with E-state index < -0.39 is 0 Å². The van der Waals surface area contributed by atoms with Gasteiger partial charge in [-0.05, 0) is 24.3 Å². The number of amides is 1. The third-order valence-electron chi connectivity index (χ3n) is 1.56. The van der Waals surface area contributed by atoms with Crippen molar-refractivity contribution in [2.24, 2.45) is 5.73 Å². The summed E-state index contributed by atoms with van der Waals surface area (Å²) in [6.07, 6.45) is 1.20. The van der Waals surface area contributed by atoms with E-state index >= 15 is 0 Å². The number of nitrogens with two attached hydrogens (primary N) is 2. The fourth-order valence-electron chi connectivity index (χ4n) is 0.934. The highest BCUT2D eigenvalue weighted by atomic mass is 32.2. The Bertz CT molecular complexity index is 317. The Kier molecular flexibility index (Phi) is 4.25.